The van der Waals surface area contributed by atoms with E-state index in [0.717, 1.165) is 12.3 Å². The fourth-order valence-electron chi connectivity index (χ4n) is 2.80. The van der Waals surface area contributed by atoms with Crippen LogP contribution in [0.5, 0.6) is 0 Å². The van der Waals surface area contributed by atoms with E-state index >= 15 is 0 Å². The first-order chi connectivity index (χ1) is 11.8. The lowest BCUT2D eigenvalue weighted by Crippen LogP contribution is -2.50. The van der Waals surface area contributed by atoms with Crippen LogP contribution in [0.1, 0.15) is 19.4 Å². The lowest BCUT2D eigenvalue weighted by Gasteiger charge is -2.36. The molecule has 1 fully saturated rings. The lowest BCUT2D eigenvalue weighted by atomic mass is 10.2. The van der Waals surface area contributed by atoms with Gasteiger partial charge < -0.3 is 9.80 Å². The molecule has 2 heterocycles. The number of pyridine rings is 1. The average Bonchev–Trinajstić information content (AvgIpc) is 2.56. The van der Waals surface area contributed by atoms with Gasteiger partial charge in [0.05, 0.1) is 17.1 Å². The van der Waals surface area contributed by atoms with E-state index in [1.54, 1.807) is 4.90 Å². The Hall–Kier alpha value is -1.54. The fourth-order valence-corrected chi connectivity index (χ4v) is 3.09. The zero-order valence-electron chi connectivity index (χ0n) is 14.3. The van der Waals surface area contributed by atoms with Gasteiger partial charge in [0.25, 0.3) is 0 Å². The Bertz CT molecular complexity index is 600. The highest BCUT2D eigenvalue weighted by atomic mass is 35.5. The van der Waals surface area contributed by atoms with Gasteiger partial charge in [-0.1, -0.05) is 11.6 Å². The average molecular weight is 379 g/mol. The van der Waals surface area contributed by atoms with E-state index in [4.69, 9.17) is 11.6 Å². The van der Waals surface area contributed by atoms with E-state index in [9.17, 15) is 18.0 Å². The van der Waals surface area contributed by atoms with Crippen LogP contribution in [0.4, 0.5) is 19.0 Å². The molecule has 0 N–H and O–H groups in total. The second kappa shape index (κ2) is 8.23. The van der Waals surface area contributed by atoms with E-state index in [1.165, 1.54) is 0 Å². The Morgan fingerprint density at radius 3 is 2.32 bits per heavy atom. The van der Waals surface area contributed by atoms with Gasteiger partial charge in [0, 0.05) is 45.5 Å². The SMILES string of the molecule is CCN(CC)C(=O)CN1CCN(c2ncc(C(F)(F)F)cc2Cl)CC1. The number of amides is 1. The minimum absolute atomic E-state index is 0.0116. The summed E-state index contributed by atoms with van der Waals surface area (Å²) in [7, 11) is 0. The second-order valence-electron chi connectivity index (χ2n) is 5.86. The van der Waals surface area contributed by atoms with Crippen LogP contribution in [-0.2, 0) is 11.0 Å². The summed E-state index contributed by atoms with van der Waals surface area (Å²) < 4.78 is 38.1. The molecular formula is C16H22ClF3N4O. The molecule has 0 bridgehead atoms. The van der Waals surface area contributed by atoms with Crippen LogP contribution in [0.15, 0.2) is 12.3 Å². The van der Waals surface area contributed by atoms with E-state index in [0.29, 0.717) is 51.6 Å². The van der Waals surface area contributed by atoms with Crippen LogP contribution >= 0.6 is 11.6 Å². The highest BCUT2D eigenvalue weighted by Gasteiger charge is 2.32. The lowest BCUT2D eigenvalue weighted by molar-refractivity contribution is -0.137. The molecule has 9 heteroatoms. The van der Waals surface area contributed by atoms with E-state index in [2.05, 4.69) is 4.98 Å². The maximum absolute atomic E-state index is 12.7. The zero-order chi connectivity index (χ0) is 18.6. The van der Waals surface area contributed by atoms with E-state index in [-0.39, 0.29) is 10.9 Å². The van der Waals surface area contributed by atoms with Gasteiger partial charge in [-0.3, -0.25) is 9.69 Å². The monoisotopic (exact) mass is 378 g/mol. The Balaban J connectivity index is 1.95. The van der Waals surface area contributed by atoms with Crippen molar-refractivity contribution in [3.8, 4) is 0 Å². The zero-order valence-corrected chi connectivity index (χ0v) is 15.1. The third-order valence-corrected chi connectivity index (χ3v) is 4.57. The van der Waals surface area contributed by atoms with Crippen LogP contribution in [0.2, 0.25) is 5.02 Å². The molecule has 140 valence electrons. The minimum Gasteiger partial charge on any atom is -0.353 e. The molecule has 25 heavy (non-hydrogen) atoms. The predicted molar refractivity (Wildman–Crippen MR) is 90.8 cm³/mol. The first kappa shape index (κ1) is 19.8. The molecule has 1 aliphatic heterocycles. The van der Waals surface area contributed by atoms with Gasteiger partial charge in [-0.2, -0.15) is 13.2 Å². The quantitative estimate of drug-likeness (QED) is 0.790. The molecule has 2 rings (SSSR count). The number of likely N-dealkylation sites (N-methyl/N-ethyl adjacent to an activating group) is 1. The van der Waals surface area contributed by atoms with Gasteiger partial charge >= 0.3 is 6.18 Å². The molecule has 1 amide bonds. The Morgan fingerprint density at radius 1 is 1.24 bits per heavy atom. The number of hydrogen-bond acceptors (Lipinski definition) is 4. The summed E-state index contributed by atoms with van der Waals surface area (Å²) in [5.41, 5.74) is -0.857. The minimum atomic E-state index is -4.46. The summed E-state index contributed by atoms with van der Waals surface area (Å²) in [5, 5.41) is -0.0116. The van der Waals surface area contributed by atoms with Crippen molar-refractivity contribution in [3.05, 3.63) is 22.8 Å². The predicted octanol–water partition coefficient (Wildman–Crippen LogP) is 2.74. The van der Waals surface area contributed by atoms with Crippen molar-refractivity contribution in [3.63, 3.8) is 0 Å². The topological polar surface area (TPSA) is 39.7 Å². The van der Waals surface area contributed by atoms with Gasteiger partial charge in [0.15, 0.2) is 0 Å². The summed E-state index contributed by atoms with van der Waals surface area (Å²) in [5.74, 6) is 0.438. The smallest absolute Gasteiger partial charge is 0.353 e. The van der Waals surface area contributed by atoms with Crippen LogP contribution in [0.25, 0.3) is 0 Å². The fraction of sp³-hybridized carbons (Fsp3) is 0.625. The molecule has 1 aromatic rings. The Labute approximate surface area is 150 Å². The number of rotatable bonds is 5. The molecule has 0 atom stereocenters. The number of nitrogens with zero attached hydrogens (tertiary/aromatic N) is 4. The first-order valence-electron chi connectivity index (χ1n) is 8.24. The number of hydrogen-bond donors (Lipinski definition) is 0. The number of alkyl halides is 3. The van der Waals surface area contributed by atoms with Crippen molar-refractivity contribution >= 4 is 23.3 Å². The summed E-state index contributed by atoms with van der Waals surface area (Å²) in [6.07, 6.45) is -3.66. The molecule has 1 aliphatic rings. The maximum atomic E-state index is 12.7. The summed E-state index contributed by atoms with van der Waals surface area (Å²) in [4.78, 5) is 21.7. The van der Waals surface area contributed by atoms with Crippen LogP contribution in [-0.4, -0.2) is 66.5 Å². The van der Waals surface area contributed by atoms with Crippen LogP contribution < -0.4 is 4.90 Å². The van der Waals surface area contributed by atoms with Crippen molar-refractivity contribution in [2.45, 2.75) is 20.0 Å². The molecule has 0 aliphatic carbocycles. The molecule has 5 nitrogen and oxygen atoms in total. The van der Waals surface area contributed by atoms with Gasteiger partial charge in [-0.15, -0.1) is 0 Å². The number of carbonyl (C=O) groups is 1. The highest BCUT2D eigenvalue weighted by Crippen LogP contribution is 2.33. The maximum Gasteiger partial charge on any atom is 0.417 e. The summed E-state index contributed by atoms with van der Waals surface area (Å²) >= 11 is 5.99. The third-order valence-electron chi connectivity index (χ3n) is 4.30. The van der Waals surface area contributed by atoms with E-state index < -0.39 is 11.7 Å². The van der Waals surface area contributed by atoms with Gasteiger partial charge in [-0.25, -0.2) is 4.98 Å². The van der Waals surface area contributed by atoms with Crippen molar-refractivity contribution in [1.82, 2.24) is 14.8 Å². The molecular weight excluding hydrogens is 357 g/mol. The number of halogens is 4. The molecule has 0 radical (unpaired) electrons. The van der Waals surface area contributed by atoms with Crippen LogP contribution in [0.3, 0.4) is 0 Å². The van der Waals surface area contributed by atoms with Crippen molar-refractivity contribution in [2.24, 2.45) is 0 Å². The number of carbonyl (C=O) groups excluding carboxylic acids is 1. The van der Waals surface area contributed by atoms with E-state index in [1.807, 2.05) is 23.6 Å². The number of piperazine rings is 1. The van der Waals surface area contributed by atoms with Gasteiger partial charge in [-0.05, 0) is 19.9 Å². The molecule has 0 aromatic carbocycles. The molecule has 0 spiro atoms. The molecule has 1 saturated heterocycles. The molecule has 0 unspecified atom stereocenters. The third kappa shape index (κ3) is 4.98. The summed E-state index contributed by atoms with van der Waals surface area (Å²) in [6.45, 7) is 7.98. The van der Waals surface area contributed by atoms with Crippen LogP contribution in [0, 0.1) is 0 Å². The normalized spacial score (nSPS) is 16.2. The van der Waals surface area contributed by atoms with Gasteiger partial charge in [0.1, 0.15) is 5.82 Å². The number of anilines is 1. The van der Waals surface area contributed by atoms with Crippen molar-refractivity contribution < 1.29 is 18.0 Å². The standard InChI is InChI=1S/C16H22ClF3N4O/c1-3-23(4-2)14(25)11-22-5-7-24(8-6-22)15-13(17)9-12(10-21-15)16(18,19)20/h9-10H,3-8,11H2,1-2H3. The molecule has 0 saturated carbocycles. The Kier molecular flexibility index (Phi) is 6.51. The highest BCUT2D eigenvalue weighted by molar-refractivity contribution is 6.33. The van der Waals surface area contributed by atoms with Gasteiger partial charge in [0.2, 0.25) is 5.91 Å². The first-order valence-corrected chi connectivity index (χ1v) is 8.61. The number of aromatic nitrogens is 1. The van der Waals surface area contributed by atoms with Crippen molar-refractivity contribution in [1.29, 1.82) is 0 Å². The Morgan fingerprint density at radius 2 is 1.84 bits per heavy atom. The van der Waals surface area contributed by atoms with Crippen molar-refractivity contribution in [2.75, 3.05) is 50.7 Å². The molecule has 1 aromatic heterocycles. The largest absolute Gasteiger partial charge is 0.417 e. The summed E-state index contributed by atoms with van der Waals surface area (Å²) in [6, 6.07) is 0.903. The second-order valence-corrected chi connectivity index (χ2v) is 6.26.